The molecule has 6 nitrogen and oxygen atoms in total. The van der Waals surface area contributed by atoms with E-state index in [0.717, 1.165) is 39.8 Å². The number of phenols is 1. The van der Waals surface area contributed by atoms with Crippen LogP contribution in [0.4, 0.5) is 5.69 Å². The van der Waals surface area contributed by atoms with Gasteiger partial charge in [0.1, 0.15) is 11.5 Å². The van der Waals surface area contributed by atoms with Crippen molar-refractivity contribution in [3.63, 3.8) is 0 Å². The Balaban J connectivity index is 1.63. The van der Waals surface area contributed by atoms with E-state index in [9.17, 15) is 5.11 Å². The normalized spacial score (nSPS) is 17.5. The van der Waals surface area contributed by atoms with Crippen LogP contribution in [0.25, 0.3) is 5.69 Å². The van der Waals surface area contributed by atoms with Crippen LogP contribution in [0.1, 0.15) is 41.7 Å². The van der Waals surface area contributed by atoms with Gasteiger partial charge in [-0.2, -0.15) is 0 Å². The number of phenolic OH excluding ortho intramolecular Hbond substituents is 1. The van der Waals surface area contributed by atoms with E-state index < -0.39 is 0 Å². The van der Waals surface area contributed by atoms with Crippen molar-refractivity contribution in [1.29, 1.82) is 0 Å². The molecule has 4 aromatic rings. The molecular formula is C28H28N4O2S. The lowest BCUT2D eigenvalue weighted by atomic mass is 9.96. The quantitative estimate of drug-likeness (QED) is 0.339. The Bertz CT molecular complexity index is 1330. The molecule has 3 heterocycles. The number of hydrogen-bond donors (Lipinski definition) is 2. The molecule has 1 fully saturated rings. The van der Waals surface area contributed by atoms with E-state index in [4.69, 9.17) is 17.0 Å². The Morgan fingerprint density at radius 1 is 1.00 bits per heavy atom. The van der Waals surface area contributed by atoms with Crippen LogP contribution in [-0.2, 0) is 0 Å². The zero-order valence-electron chi connectivity index (χ0n) is 20.0. The Labute approximate surface area is 210 Å². The van der Waals surface area contributed by atoms with E-state index in [2.05, 4.69) is 39.7 Å². The zero-order valence-corrected chi connectivity index (χ0v) is 20.8. The molecule has 1 aliphatic rings. The van der Waals surface area contributed by atoms with Crippen molar-refractivity contribution in [2.45, 2.75) is 32.9 Å². The van der Waals surface area contributed by atoms with Crippen molar-refractivity contribution in [3.8, 4) is 17.2 Å². The Hall–Kier alpha value is -3.84. The average Bonchev–Trinajstić information content (AvgIpc) is 3.36. The monoisotopic (exact) mass is 484 g/mol. The highest BCUT2D eigenvalue weighted by Crippen LogP contribution is 2.44. The molecule has 178 valence electrons. The van der Waals surface area contributed by atoms with Gasteiger partial charge in [-0.25, -0.2) is 0 Å². The molecule has 2 N–H and O–H groups in total. The minimum Gasteiger partial charge on any atom is -0.508 e. The van der Waals surface area contributed by atoms with E-state index >= 15 is 0 Å². The third-order valence-electron chi connectivity index (χ3n) is 6.42. The predicted octanol–water partition coefficient (Wildman–Crippen LogP) is 5.77. The minimum absolute atomic E-state index is 0.104. The highest BCUT2D eigenvalue weighted by Gasteiger charge is 2.42. The van der Waals surface area contributed by atoms with Gasteiger partial charge in [-0.15, -0.1) is 0 Å². The van der Waals surface area contributed by atoms with E-state index in [-0.39, 0.29) is 17.8 Å². The summed E-state index contributed by atoms with van der Waals surface area (Å²) in [6, 6.07) is 23.3. The summed E-state index contributed by atoms with van der Waals surface area (Å²) in [5.74, 6) is 1.08. The summed E-state index contributed by atoms with van der Waals surface area (Å²) in [6.45, 7) is 6.82. The van der Waals surface area contributed by atoms with Crippen molar-refractivity contribution in [1.82, 2.24) is 14.9 Å². The summed E-state index contributed by atoms with van der Waals surface area (Å²) in [7, 11) is 0. The van der Waals surface area contributed by atoms with E-state index in [0.29, 0.717) is 11.7 Å². The van der Waals surface area contributed by atoms with Gasteiger partial charge in [0.2, 0.25) is 0 Å². The number of nitrogens with one attached hydrogen (secondary N) is 1. The maximum atomic E-state index is 9.77. The summed E-state index contributed by atoms with van der Waals surface area (Å²) in [4.78, 5) is 6.83. The number of aryl methyl sites for hydroxylation is 1. The molecule has 0 unspecified atom stereocenters. The lowest BCUT2D eigenvalue weighted by molar-refractivity contribution is 0.340. The van der Waals surface area contributed by atoms with Crippen LogP contribution in [0.15, 0.2) is 79.0 Å². The summed E-state index contributed by atoms with van der Waals surface area (Å²) in [5, 5.41) is 14.0. The number of nitrogens with zero attached hydrogens (tertiary/aromatic N) is 3. The number of aromatic hydroxyl groups is 1. The van der Waals surface area contributed by atoms with Crippen molar-refractivity contribution in [3.05, 3.63) is 102 Å². The predicted molar refractivity (Wildman–Crippen MR) is 142 cm³/mol. The van der Waals surface area contributed by atoms with Gasteiger partial charge < -0.3 is 24.6 Å². The van der Waals surface area contributed by atoms with Gasteiger partial charge in [-0.05, 0) is 105 Å². The van der Waals surface area contributed by atoms with Crippen LogP contribution < -0.4 is 15.0 Å². The van der Waals surface area contributed by atoms with E-state index in [1.54, 1.807) is 12.1 Å². The largest absolute Gasteiger partial charge is 0.508 e. The van der Waals surface area contributed by atoms with Crippen LogP contribution in [-0.4, -0.2) is 26.4 Å². The van der Waals surface area contributed by atoms with Crippen LogP contribution in [0.3, 0.4) is 0 Å². The molecule has 0 bridgehead atoms. The second-order valence-electron chi connectivity index (χ2n) is 8.60. The molecule has 1 saturated heterocycles. The summed E-state index contributed by atoms with van der Waals surface area (Å²) in [6.07, 6.45) is 1.82. The molecule has 0 saturated carbocycles. The first-order valence-corrected chi connectivity index (χ1v) is 12.1. The fourth-order valence-electron chi connectivity index (χ4n) is 4.90. The maximum absolute atomic E-state index is 9.77. The van der Waals surface area contributed by atoms with Gasteiger partial charge in [0.05, 0.1) is 24.4 Å². The van der Waals surface area contributed by atoms with Crippen molar-refractivity contribution in [2.24, 2.45) is 0 Å². The molecule has 2 aromatic heterocycles. The lowest BCUT2D eigenvalue weighted by Crippen LogP contribution is -2.29. The molecule has 5 rings (SSSR count). The number of anilines is 1. The van der Waals surface area contributed by atoms with Gasteiger partial charge in [-0.1, -0.05) is 6.07 Å². The fourth-order valence-corrected chi connectivity index (χ4v) is 5.25. The highest BCUT2D eigenvalue weighted by molar-refractivity contribution is 7.80. The molecule has 2 aromatic carbocycles. The van der Waals surface area contributed by atoms with Crippen molar-refractivity contribution in [2.75, 3.05) is 11.5 Å². The summed E-state index contributed by atoms with van der Waals surface area (Å²) < 4.78 is 7.86. The molecule has 1 aliphatic heterocycles. The van der Waals surface area contributed by atoms with Crippen LogP contribution in [0.5, 0.6) is 11.5 Å². The fraction of sp³-hybridized carbons (Fsp3) is 0.214. The van der Waals surface area contributed by atoms with Gasteiger partial charge >= 0.3 is 0 Å². The number of aromatic nitrogens is 2. The number of hydrogen-bond acceptors (Lipinski definition) is 4. The van der Waals surface area contributed by atoms with Gasteiger partial charge in [0.15, 0.2) is 5.11 Å². The zero-order chi connectivity index (χ0) is 24.5. The number of ether oxygens (including phenoxy) is 1. The Kier molecular flexibility index (Phi) is 6.17. The van der Waals surface area contributed by atoms with Crippen LogP contribution in [0, 0.1) is 13.8 Å². The van der Waals surface area contributed by atoms with Gasteiger partial charge in [0.25, 0.3) is 0 Å². The first-order valence-electron chi connectivity index (χ1n) is 11.7. The third-order valence-corrected chi connectivity index (χ3v) is 6.74. The van der Waals surface area contributed by atoms with E-state index in [1.165, 1.54) is 0 Å². The molecule has 0 amide bonds. The van der Waals surface area contributed by atoms with E-state index in [1.807, 2.05) is 67.7 Å². The number of pyridine rings is 1. The maximum Gasteiger partial charge on any atom is 0.174 e. The lowest BCUT2D eigenvalue weighted by Gasteiger charge is -2.28. The standard InChI is InChI=1S/C28H28N4O2S/c1-4-34-23-14-10-21(11-15-23)32-27(26(30-28(32)35)25-7-5-6-16-29-25)24-17-18(2)31(19(24)3)20-8-12-22(33)13-9-20/h5-17,26-27,33H,4H2,1-3H3,(H,30,35)/t26-,27-/m1/s1. The molecular weight excluding hydrogens is 456 g/mol. The summed E-state index contributed by atoms with van der Waals surface area (Å²) >= 11 is 5.87. The molecule has 0 radical (unpaired) electrons. The first kappa shape index (κ1) is 22.9. The molecule has 0 aliphatic carbocycles. The smallest absolute Gasteiger partial charge is 0.174 e. The number of rotatable bonds is 6. The average molecular weight is 485 g/mol. The number of benzene rings is 2. The molecule has 0 spiro atoms. The molecule has 35 heavy (non-hydrogen) atoms. The Morgan fingerprint density at radius 2 is 1.71 bits per heavy atom. The summed E-state index contributed by atoms with van der Waals surface area (Å²) in [5.41, 5.74) is 6.30. The SMILES string of the molecule is CCOc1ccc(N2C(=S)N[C@H](c3ccccn3)[C@H]2c2cc(C)n(-c3ccc(O)cc3)c2C)cc1. The van der Waals surface area contributed by atoms with Crippen LogP contribution >= 0.6 is 12.2 Å². The minimum atomic E-state index is -0.121. The topological polar surface area (TPSA) is 62.5 Å². The van der Waals surface area contributed by atoms with Crippen molar-refractivity contribution < 1.29 is 9.84 Å². The molecule has 7 heteroatoms. The second-order valence-corrected chi connectivity index (χ2v) is 8.99. The highest BCUT2D eigenvalue weighted by atomic mass is 32.1. The Morgan fingerprint density at radius 3 is 2.37 bits per heavy atom. The molecule has 2 atom stereocenters. The second kappa shape index (κ2) is 9.43. The van der Waals surface area contributed by atoms with Crippen molar-refractivity contribution >= 4 is 23.0 Å². The number of thiocarbonyl (C=S) groups is 1. The first-order chi connectivity index (χ1) is 17.0. The third kappa shape index (κ3) is 4.23. The van der Waals surface area contributed by atoms with Crippen LogP contribution in [0.2, 0.25) is 0 Å². The van der Waals surface area contributed by atoms with Gasteiger partial charge in [-0.3, -0.25) is 4.98 Å². The van der Waals surface area contributed by atoms with Gasteiger partial charge in [0, 0.05) is 29.0 Å².